The van der Waals surface area contributed by atoms with Gasteiger partial charge in [-0.25, -0.2) is 0 Å². The smallest absolute Gasteiger partial charge is 0.236 e. The third kappa shape index (κ3) is 6.46. The largest absolute Gasteiger partial charge is 0.368 e. The first-order chi connectivity index (χ1) is 14.0. The lowest BCUT2D eigenvalue weighted by Gasteiger charge is -2.38. The molecule has 29 heavy (non-hydrogen) atoms. The zero-order valence-electron chi connectivity index (χ0n) is 18.0. The molecule has 2 amide bonds. The van der Waals surface area contributed by atoms with Gasteiger partial charge >= 0.3 is 0 Å². The number of nitrogens with one attached hydrogen (secondary N) is 1. The quantitative estimate of drug-likeness (QED) is 0.763. The Labute approximate surface area is 175 Å². The fraction of sp³-hybridized carbons (Fsp3) is 0.652. The molecule has 1 aromatic rings. The second kappa shape index (κ2) is 10.6. The standard InChI is InChI=1S/C23H36N4O2/c1-3-6-22(28)24-16-20-8-5-10-25(17-20)18-23(29)27-13-11-26(12-14-27)21-9-4-7-19(2)15-21/h4,7,9,15,20H,3,5-6,8,10-14,16-18H2,1-2H3,(H,24,28). The number of carbonyl (C=O) groups is 2. The number of rotatable bonds is 7. The maximum Gasteiger partial charge on any atom is 0.236 e. The predicted octanol–water partition coefficient (Wildman–Crippen LogP) is 2.27. The summed E-state index contributed by atoms with van der Waals surface area (Å²) in [7, 11) is 0. The SMILES string of the molecule is CCCC(=O)NCC1CCCN(CC(=O)N2CCN(c3cccc(C)c3)CC2)C1. The number of amides is 2. The topological polar surface area (TPSA) is 55.9 Å². The zero-order valence-corrected chi connectivity index (χ0v) is 18.0. The molecule has 160 valence electrons. The highest BCUT2D eigenvalue weighted by atomic mass is 16.2. The van der Waals surface area contributed by atoms with Crippen LogP contribution in [0.15, 0.2) is 24.3 Å². The van der Waals surface area contributed by atoms with Crippen LogP contribution in [0.5, 0.6) is 0 Å². The number of nitrogens with zero attached hydrogens (tertiary/aromatic N) is 3. The van der Waals surface area contributed by atoms with Crippen LogP contribution in [0.1, 0.15) is 38.2 Å². The van der Waals surface area contributed by atoms with Crippen molar-refractivity contribution in [2.24, 2.45) is 5.92 Å². The fourth-order valence-electron chi connectivity index (χ4n) is 4.37. The molecular weight excluding hydrogens is 364 g/mol. The number of benzene rings is 1. The second-order valence-corrected chi connectivity index (χ2v) is 8.50. The molecule has 2 heterocycles. The van der Waals surface area contributed by atoms with Gasteiger partial charge in [0.25, 0.3) is 0 Å². The van der Waals surface area contributed by atoms with Gasteiger partial charge in [-0.05, 0) is 56.3 Å². The van der Waals surface area contributed by atoms with Gasteiger partial charge in [-0.3, -0.25) is 14.5 Å². The molecule has 0 aliphatic carbocycles. The van der Waals surface area contributed by atoms with Crippen LogP contribution in [0, 0.1) is 12.8 Å². The van der Waals surface area contributed by atoms with Crippen molar-refractivity contribution >= 4 is 17.5 Å². The summed E-state index contributed by atoms with van der Waals surface area (Å²) in [5.74, 6) is 0.840. The summed E-state index contributed by atoms with van der Waals surface area (Å²) < 4.78 is 0. The molecule has 2 aliphatic heterocycles. The number of carbonyl (C=O) groups excluding carboxylic acids is 2. The Morgan fingerprint density at radius 3 is 2.66 bits per heavy atom. The van der Waals surface area contributed by atoms with E-state index in [-0.39, 0.29) is 11.8 Å². The molecule has 3 rings (SSSR count). The van der Waals surface area contributed by atoms with Crippen molar-refractivity contribution < 1.29 is 9.59 Å². The van der Waals surface area contributed by atoms with Crippen LogP contribution < -0.4 is 10.2 Å². The van der Waals surface area contributed by atoms with Crippen LogP contribution in [0.25, 0.3) is 0 Å². The van der Waals surface area contributed by atoms with Gasteiger partial charge in [0.05, 0.1) is 6.54 Å². The summed E-state index contributed by atoms with van der Waals surface area (Å²) in [4.78, 5) is 31.2. The van der Waals surface area contributed by atoms with Crippen LogP contribution in [0.2, 0.25) is 0 Å². The molecule has 1 unspecified atom stereocenters. The van der Waals surface area contributed by atoms with Gasteiger partial charge < -0.3 is 15.1 Å². The van der Waals surface area contributed by atoms with Gasteiger partial charge in [-0.15, -0.1) is 0 Å². The number of aryl methyl sites for hydroxylation is 1. The highest BCUT2D eigenvalue weighted by Gasteiger charge is 2.26. The van der Waals surface area contributed by atoms with Gasteiger partial charge in [0.1, 0.15) is 0 Å². The Morgan fingerprint density at radius 1 is 1.14 bits per heavy atom. The Hall–Kier alpha value is -2.08. The van der Waals surface area contributed by atoms with Crippen LogP contribution in [-0.4, -0.2) is 74.0 Å². The first-order valence-electron chi connectivity index (χ1n) is 11.1. The summed E-state index contributed by atoms with van der Waals surface area (Å²) >= 11 is 0. The lowest BCUT2D eigenvalue weighted by atomic mass is 9.98. The average Bonchev–Trinajstić information content (AvgIpc) is 2.73. The molecule has 0 radical (unpaired) electrons. The minimum absolute atomic E-state index is 0.146. The van der Waals surface area contributed by atoms with E-state index in [1.807, 2.05) is 11.8 Å². The number of hydrogen-bond donors (Lipinski definition) is 1. The molecule has 0 spiro atoms. The molecule has 6 heteroatoms. The Bertz CT molecular complexity index is 685. The molecule has 2 saturated heterocycles. The van der Waals surface area contributed by atoms with E-state index >= 15 is 0 Å². The predicted molar refractivity (Wildman–Crippen MR) is 117 cm³/mol. The van der Waals surface area contributed by atoms with E-state index in [4.69, 9.17) is 0 Å². The Morgan fingerprint density at radius 2 is 1.93 bits per heavy atom. The van der Waals surface area contributed by atoms with Crippen LogP contribution in [-0.2, 0) is 9.59 Å². The first kappa shape index (κ1) is 21.6. The van der Waals surface area contributed by atoms with Gasteiger partial charge in [-0.1, -0.05) is 19.1 Å². The minimum Gasteiger partial charge on any atom is -0.368 e. The van der Waals surface area contributed by atoms with E-state index in [1.54, 1.807) is 0 Å². The summed E-state index contributed by atoms with van der Waals surface area (Å²) in [6, 6.07) is 8.58. The van der Waals surface area contributed by atoms with Crippen molar-refractivity contribution in [3.63, 3.8) is 0 Å². The van der Waals surface area contributed by atoms with Crippen molar-refractivity contribution in [3.8, 4) is 0 Å². The van der Waals surface area contributed by atoms with Crippen molar-refractivity contribution in [2.45, 2.75) is 39.5 Å². The number of hydrogen-bond acceptors (Lipinski definition) is 4. The molecule has 2 aliphatic rings. The third-order valence-corrected chi connectivity index (χ3v) is 6.03. The molecule has 2 fully saturated rings. The first-order valence-corrected chi connectivity index (χ1v) is 11.1. The van der Waals surface area contributed by atoms with E-state index < -0.39 is 0 Å². The maximum absolute atomic E-state index is 12.8. The number of piperidine rings is 1. The number of anilines is 1. The molecule has 0 aromatic heterocycles. The summed E-state index contributed by atoms with van der Waals surface area (Å²) in [6.45, 7) is 10.6. The monoisotopic (exact) mass is 400 g/mol. The summed E-state index contributed by atoms with van der Waals surface area (Å²) in [5.41, 5.74) is 2.52. The van der Waals surface area contributed by atoms with Crippen LogP contribution in [0.3, 0.4) is 0 Å². The highest BCUT2D eigenvalue weighted by molar-refractivity contribution is 5.78. The average molecular weight is 401 g/mol. The zero-order chi connectivity index (χ0) is 20.6. The molecule has 0 saturated carbocycles. The number of likely N-dealkylation sites (tertiary alicyclic amines) is 1. The van der Waals surface area contributed by atoms with Crippen molar-refractivity contribution in [1.29, 1.82) is 0 Å². The van der Waals surface area contributed by atoms with Crippen molar-refractivity contribution in [1.82, 2.24) is 15.1 Å². The second-order valence-electron chi connectivity index (χ2n) is 8.50. The van der Waals surface area contributed by atoms with E-state index in [0.717, 1.165) is 65.1 Å². The summed E-state index contributed by atoms with van der Waals surface area (Å²) in [6.07, 6.45) is 3.71. The molecule has 1 N–H and O–H groups in total. The van der Waals surface area contributed by atoms with Gasteiger partial charge in [0.15, 0.2) is 0 Å². The van der Waals surface area contributed by atoms with E-state index in [2.05, 4.69) is 46.3 Å². The lowest BCUT2D eigenvalue weighted by molar-refractivity contribution is -0.133. The maximum atomic E-state index is 12.8. The fourth-order valence-corrected chi connectivity index (χ4v) is 4.37. The number of piperazine rings is 1. The highest BCUT2D eigenvalue weighted by Crippen LogP contribution is 2.19. The lowest BCUT2D eigenvalue weighted by Crippen LogP contribution is -2.52. The van der Waals surface area contributed by atoms with E-state index in [0.29, 0.717) is 18.9 Å². The van der Waals surface area contributed by atoms with Gasteiger partial charge in [0.2, 0.25) is 11.8 Å². The molecular formula is C23H36N4O2. The minimum atomic E-state index is 0.146. The van der Waals surface area contributed by atoms with E-state index in [1.165, 1.54) is 11.3 Å². The van der Waals surface area contributed by atoms with Gasteiger partial charge in [0, 0.05) is 51.4 Å². The van der Waals surface area contributed by atoms with E-state index in [9.17, 15) is 9.59 Å². The molecule has 1 atom stereocenters. The molecule has 6 nitrogen and oxygen atoms in total. The molecule has 0 bridgehead atoms. The van der Waals surface area contributed by atoms with Crippen molar-refractivity contribution in [2.75, 3.05) is 57.3 Å². The van der Waals surface area contributed by atoms with Crippen LogP contribution in [0.4, 0.5) is 5.69 Å². The Kier molecular flexibility index (Phi) is 7.92. The van der Waals surface area contributed by atoms with Crippen molar-refractivity contribution in [3.05, 3.63) is 29.8 Å². The Balaban J connectivity index is 1.41. The summed E-state index contributed by atoms with van der Waals surface area (Å²) in [5, 5.41) is 3.05. The molecule has 1 aromatic carbocycles. The third-order valence-electron chi connectivity index (χ3n) is 6.03. The normalized spacial score (nSPS) is 20.6. The van der Waals surface area contributed by atoms with Gasteiger partial charge in [-0.2, -0.15) is 0 Å². The van der Waals surface area contributed by atoms with Crippen LogP contribution >= 0.6 is 0 Å².